The van der Waals surface area contributed by atoms with Crippen LogP contribution >= 0.6 is 0 Å². The smallest absolute Gasteiger partial charge is 0.222 e. The van der Waals surface area contributed by atoms with Gasteiger partial charge in [-0.15, -0.1) is 0 Å². The molecule has 0 aromatic carbocycles. The van der Waals surface area contributed by atoms with E-state index in [9.17, 15) is 4.79 Å². The number of rotatable bonds is 11. The first-order valence-electron chi connectivity index (χ1n) is 7.95. The van der Waals surface area contributed by atoms with Gasteiger partial charge in [-0.25, -0.2) is 0 Å². The molecule has 1 amide bonds. The molecule has 20 heavy (non-hydrogen) atoms. The molecule has 0 aromatic rings. The Morgan fingerprint density at radius 1 is 1.20 bits per heavy atom. The van der Waals surface area contributed by atoms with Crippen LogP contribution in [0.3, 0.4) is 0 Å². The second kappa shape index (κ2) is 9.61. The summed E-state index contributed by atoms with van der Waals surface area (Å²) < 4.78 is 0. The van der Waals surface area contributed by atoms with E-state index in [1.807, 2.05) is 4.90 Å². The zero-order valence-electron chi connectivity index (χ0n) is 12.7. The van der Waals surface area contributed by atoms with E-state index in [2.05, 4.69) is 12.1 Å². The fourth-order valence-electron chi connectivity index (χ4n) is 2.38. The number of unbranched alkanes of at least 4 members (excludes halogenated alkanes) is 5. The van der Waals surface area contributed by atoms with E-state index in [0.29, 0.717) is 25.4 Å². The van der Waals surface area contributed by atoms with E-state index in [4.69, 9.17) is 10.9 Å². The van der Waals surface area contributed by atoms with Crippen molar-refractivity contribution in [3.63, 3.8) is 0 Å². The van der Waals surface area contributed by atoms with Crippen LogP contribution in [0.4, 0.5) is 0 Å². The average molecular weight is 283 g/mol. The van der Waals surface area contributed by atoms with Gasteiger partial charge in [0, 0.05) is 25.4 Å². The van der Waals surface area contributed by atoms with Crippen molar-refractivity contribution in [1.82, 2.24) is 4.90 Å². The largest absolute Gasteiger partial charge is 0.409 e. The number of carbonyl (C=O) groups is 1. The number of carbonyl (C=O) groups excluding carboxylic acids is 1. The Kier molecular flexibility index (Phi) is 8.07. The molecule has 1 aliphatic rings. The maximum absolute atomic E-state index is 12.2. The lowest BCUT2D eigenvalue weighted by atomic mass is 10.1. The Morgan fingerprint density at radius 2 is 1.85 bits per heavy atom. The minimum absolute atomic E-state index is 0.197. The van der Waals surface area contributed by atoms with E-state index in [0.717, 1.165) is 25.7 Å². The maximum atomic E-state index is 12.2. The molecule has 0 aromatic heterocycles. The van der Waals surface area contributed by atoms with Crippen molar-refractivity contribution in [2.24, 2.45) is 10.9 Å². The first kappa shape index (κ1) is 16.8. The molecule has 1 saturated carbocycles. The Hall–Kier alpha value is -1.26. The highest BCUT2D eigenvalue weighted by Gasteiger charge is 2.31. The van der Waals surface area contributed by atoms with Gasteiger partial charge in [0.05, 0.1) is 0 Å². The SMILES string of the molecule is CCCCCCCCC(=O)N(CCC(N)=NO)C1CC1. The molecule has 3 N–H and O–H groups in total. The Labute approximate surface area is 122 Å². The van der Waals surface area contributed by atoms with Gasteiger partial charge in [-0.1, -0.05) is 44.2 Å². The molecule has 5 heteroatoms. The summed E-state index contributed by atoms with van der Waals surface area (Å²) in [6.45, 7) is 2.79. The van der Waals surface area contributed by atoms with Crippen molar-refractivity contribution < 1.29 is 10.0 Å². The van der Waals surface area contributed by atoms with Crippen LogP contribution in [-0.2, 0) is 4.79 Å². The van der Waals surface area contributed by atoms with Crippen molar-refractivity contribution in [1.29, 1.82) is 0 Å². The van der Waals surface area contributed by atoms with E-state index in [1.165, 1.54) is 25.7 Å². The van der Waals surface area contributed by atoms with E-state index in [1.54, 1.807) is 0 Å². The number of nitrogens with two attached hydrogens (primary N) is 1. The van der Waals surface area contributed by atoms with Crippen molar-refractivity contribution in [2.45, 2.75) is 77.2 Å². The fourth-order valence-corrected chi connectivity index (χ4v) is 2.38. The molecular formula is C15H29N3O2. The number of hydrogen-bond donors (Lipinski definition) is 2. The highest BCUT2D eigenvalue weighted by molar-refractivity contribution is 5.81. The molecule has 0 saturated heterocycles. The average Bonchev–Trinajstić information content (AvgIpc) is 3.27. The first-order chi connectivity index (χ1) is 9.69. The summed E-state index contributed by atoms with van der Waals surface area (Å²) in [6, 6.07) is 0.397. The summed E-state index contributed by atoms with van der Waals surface area (Å²) in [5, 5.41) is 11.5. The number of hydrogen-bond acceptors (Lipinski definition) is 3. The topological polar surface area (TPSA) is 78.9 Å². The third kappa shape index (κ3) is 6.78. The lowest BCUT2D eigenvalue weighted by Crippen LogP contribution is -2.35. The van der Waals surface area contributed by atoms with Crippen molar-refractivity contribution in [3.05, 3.63) is 0 Å². The van der Waals surface area contributed by atoms with Crippen LogP contribution in [0.25, 0.3) is 0 Å². The summed E-state index contributed by atoms with van der Waals surface area (Å²) >= 11 is 0. The highest BCUT2D eigenvalue weighted by Crippen LogP contribution is 2.27. The second-order valence-electron chi connectivity index (χ2n) is 5.68. The molecular weight excluding hydrogens is 254 g/mol. The second-order valence-corrected chi connectivity index (χ2v) is 5.68. The predicted molar refractivity (Wildman–Crippen MR) is 80.8 cm³/mol. The van der Waals surface area contributed by atoms with E-state index in [-0.39, 0.29) is 11.7 Å². The molecule has 116 valence electrons. The van der Waals surface area contributed by atoms with Gasteiger partial charge in [0.15, 0.2) is 0 Å². The highest BCUT2D eigenvalue weighted by atomic mass is 16.4. The Bertz CT molecular complexity index is 314. The van der Waals surface area contributed by atoms with E-state index < -0.39 is 0 Å². The fraction of sp³-hybridized carbons (Fsp3) is 0.867. The predicted octanol–water partition coefficient (Wildman–Crippen LogP) is 2.86. The molecule has 0 radical (unpaired) electrons. The van der Waals surface area contributed by atoms with Crippen LogP contribution in [0.15, 0.2) is 5.16 Å². The minimum Gasteiger partial charge on any atom is -0.409 e. The Morgan fingerprint density at radius 3 is 2.45 bits per heavy atom. The lowest BCUT2D eigenvalue weighted by molar-refractivity contribution is -0.131. The van der Waals surface area contributed by atoms with Gasteiger partial charge < -0.3 is 15.8 Å². The van der Waals surface area contributed by atoms with Gasteiger partial charge in [0.2, 0.25) is 5.91 Å². The van der Waals surface area contributed by atoms with Crippen molar-refractivity contribution in [2.75, 3.05) is 6.54 Å². The van der Waals surface area contributed by atoms with Crippen LogP contribution < -0.4 is 5.73 Å². The van der Waals surface area contributed by atoms with Crippen LogP contribution in [0.2, 0.25) is 0 Å². The summed E-state index contributed by atoms with van der Waals surface area (Å²) in [5.74, 6) is 0.428. The first-order valence-corrected chi connectivity index (χ1v) is 7.95. The molecule has 0 aliphatic heterocycles. The van der Waals surface area contributed by atoms with Crippen molar-refractivity contribution >= 4 is 11.7 Å². The summed E-state index contributed by atoms with van der Waals surface area (Å²) in [6.07, 6.45) is 10.5. The number of amidine groups is 1. The lowest BCUT2D eigenvalue weighted by Gasteiger charge is -2.22. The molecule has 0 heterocycles. The molecule has 0 spiro atoms. The normalized spacial score (nSPS) is 15.3. The summed E-state index contributed by atoms with van der Waals surface area (Å²) in [4.78, 5) is 14.1. The monoisotopic (exact) mass is 283 g/mol. The van der Waals surface area contributed by atoms with Crippen LogP contribution in [0.5, 0.6) is 0 Å². The minimum atomic E-state index is 0.197. The zero-order chi connectivity index (χ0) is 14.8. The third-order valence-electron chi connectivity index (χ3n) is 3.79. The summed E-state index contributed by atoms with van der Waals surface area (Å²) in [5.41, 5.74) is 5.47. The third-order valence-corrected chi connectivity index (χ3v) is 3.79. The maximum Gasteiger partial charge on any atom is 0.222 e. The molecule has 1 rings (SSSR count). The van der Waals surface area contributed by atoms with Gasteiger partial charge in [0.25, 0.3) is 0 Å². The number of oxime groups is 1. The molecule has 0 unspecified atom stereocenters. The van der Waals surface area contributed by atoms with Gasteiger partial charge in [-0.3, -0.25) is 4.79 Å². The van der Waals surface area contributed by atoms with E-state index >= 15 is 0 Å². The molecule has 0 atom stereocenters. The van der Waals surface area contributed by atoms with Crippen LogP contribution in [0, 0.1) is 0 Å². The van der Waals surface area contributed by atoms with Crippen molar-refractivity contribution in [3.8, 4) is 0 Å². The van der Waals surface area contributed by atoms with Gasteiger partial charge in [0.1, 0.15) is 5.84 Å². The molecule has 5 nitrogen and oxygen atoms in total. The van der Waals surface area contributed by atoms with Crippen LogP contribution in [-0.4, -0.2) is 34.4 Å². The standard InChI is InChI=1S/C15H29N3O2/c1-2-3-4-5-6-7-8-15(19)18(13-9-10-13)12-11-14(16)17-20/h13,20H,2-12H2,1H3,(H2,16,17). The molecule has 1 fully saturated rings. The Balaban J connectivity index is 2.19. The number of nitrogens with zero attached hydrogens (tertiary/aromatic N) is 2. The molecule has 0 bridgehead atoms. The van der Waals surface area contributed by atoms with Crippen LogP contribution in [0.1, 0.15) is 71.1 Å². The van der Waals surface area contributed by atoms with Gasteiger partial charge in [-0.05, 0) is 19.3 Å². The van der Waals surface area contributed by atoms with Gasteiger partial charge >= 0.3 is 0 Å². The molecule has 1 aliphatic carbocycles. The number of amides is 1. The van der Waals surface area contributed by atoms with Gasteiger partial charge in [-0.2, -0.15) is 0 Å². The quantitative estimate of drug-likeness (QED) is 0.201. The summed E-state index contributed by atoms with van der Waals surface area (Å²) in [7, 11) is 0. The zero-order valence-corrected chi connectivity index (χ0v) is 12.7.